The molecule has 2 unspecified atom stereocenters. The van der Waals surface area contributed by atoms with E-state index in [1.165, 1.54) is 9.87 Å². The maximum atomic E-state index is 12.8. The Hall–Kier alpha value is -1.96. The van der Waals surface area contributed by atoms with Gasteiger partial charge in [0.1, 0.15) is 5.82 Å². The Kier molecular flexibility index (Phi) is 5.60. The van der Waals surface area contributed by atoms with Crippen LogP contribution in [0.4, 0.5) is 0 Å². The molecule has 6 nitrogen and oxygen atoms in total. The van der Waals surface area contributed by atoms with Gasteiger partial charge in [-0.2, -0.15) is 17.4 Å². The first-order valence-corrected chi connectivity index (χ1v) is 10.4. The lowest BCUT2D eigenvalue weighted by Gasteiger charge is -2.34. The Morgan fingerprint density at radius 3 is 2.77 bits per heavy atom. The lowest BCUT2D eigenvalue weighted by Crippen LogP contribution is -2.47. The minimum Gasteiger partial charge on any atom is -0.341 e. The van der Waals surface area contributed by atoms with E-state index in [9.17, 15) is 8.42 Å². The van der Waals surface area contributed by atoms with E-state index < -0.39 is 10.2 Å². The number of H-pyrrole nitrogens is 1. The zero-order chi connectivity index (χ0) is 18.7. The zero-order valence-corrected chi connectivity index (χ0v) is 16.1. The van der Waals surface area contributed by atoms with E-state index in [1.54, 1.807) is 19.2 Å². The number of rotatable bonds is 6. The van der Waals surface area contributed by atoms with E-state index in [2.05, 4.69) is 21.3 Å². The minimum absolute atomic E-state index is 0.280. The van der Waals surface area contributed by atoms with E-state index in [4.69, 9.17) is 0 Å². The number of aryl methyl sites for hydroxylation is 1. The van der Waals surface area contributed by atoms with Crippen molar-refractivity contribution in [1.29, 1.82) is 0 Å². The molecule has 3 rings (SSSR count). The first-order valence-electron chi connectivity index (χ1n) is 8.94. The van der Waals surface area contributed by atoms with E-state index >= 15 is 0 Å². The average Bonchev–Trinajstić information content (AvgIpc) is 3.12. The third kappa shape index (κ3) is 4.06. The SMILES string of the molecule is C=CC(C)NS(=O)(=O)N1CCCCC1c1ncc(-c2ccc(C)cc2)[nH]1. The fourth-order valence-corrected chi connectivity index (χ4v) is 4.81. The fraction of sp³-hybridized carbons (Fsp3) is 0.421. The molecule has 1 aliphatic rings. The maximum Gasteiger partial charge on any atom is 0.280 e. The molecule has 2 atom stereocenters. The quantitative estimate of drug-likeness (QED) is 0.762. The largest absolute Gasteiger partial charge is 0.341 e. The van der Waals surface area contributed by atoms with Gasteiger partial charge < -0.3 is 4.98 Å². The number of aromatic nitrogens is 2. The van der Waals surface area contributed by atoms with Crippen LogP contribution in [0.15, 0.2) is 43.1 Å². The van der Waals surface area contributed by atoms with Crippen LogP contribution in [0.1, 0.15) is 43.6 Å². The molecule has 140 valence electrons. The molecular weight excluding hydrogens is 348 g/mol. The van der Waals surface area contributed by atoms with Crippen LogP contribution in [0, 0.1) is 6.92 Å². The van der Waals surface area contributed by atoms with Crippen molar-refractivity contribution in [1.82, 2.24) is 19.0 Å². The van der Waals surface area contributed by atoms with E-state index in [0.29, 0.717) is 12.4 Å². The maximum absolute atomic E-state index is 12.8. The third-order valence-electron chi connectivity index (χ3n) is 4.72. The molecule has 26 heavy (non-hydrogen) atoms. The van der Waals surface area contributed by atoms with Crippen LogP contribution in [0.25, 0.3) is 11.3 Å². The summed E-state index contributed by atoms with van der Waals surface area (Å²) in [5.41, 5.74) is 3.13. The summed E-state index contributed by atoms with van der Waals surface area (Å²) in [6.45, 7) is 7.95. The van der Waals surface area contributed by atoms with Gasteiger partial charge in [0.15, 0.2) is 0 Å². The van der Waals surface area contributed by atoms with Crippen molar-refractivity contribution in [3.63, 3.8) is 0 Å². The average molecular weight is 375 g/mol. The Bertz CT molecular complexity index is 858. The molecule has 0 saturated carbocycles. The standard InChI is InChI=1S/C19H26N4O2S/c1-4-15(3)22-26(24,25)23-12-6-5-7-18(23)19-20-13-17(21-19)16-10-8-14(2)9-11-16/h4,8-11,13,15,18,22H,1,5-7,12H2,2-3H3,(H,20,21). The van der Waals surface area contributed by atoms with Crippen LogP contribution in [-0.4, -0.2) is 35.3 Å². The van der Waals surface area contributed by atoms with E-state index in [0.717, 1.165) is 30.5 Å². The number of nitrogens with one attached hydrogen (secondary N) is 2. The molecule has 1 fully saturated rings. The van der Waals surface area contributed by atoms with E-state index in [-0.39, 0.29) is 12.1 Å². The van der Waals surface area contributed by atoms with Crippen molar-refractivity contribution in [2.75, 3.05) is 6.54 Å². The van der Waals surface area contributed by atoms with Crippen molar-refractivity contribution >= 4 is 10.2 Å². The molecule has 1 aliphatic heterocycles. The van der Waals surface area contributed by atoms with Crippen LogP contribution in [-0.2, 0) is 10.2 Å². The van der Waals surface area contributed by atoms with Gasteiger partial charge in [-0.1, -0.05) is 42.3 Å². The minimum atomic E-state index is -3.60. The Morgan fingerprint density at radius 1 is 1.35 bits per heavy atom. The summed E-state index contributed by atoms with van der Waals surface area (Å²) in [4.78, 5) is 7.81. The van der Waals surface area contributed by atoms with Gasteiger partial charge in [-0.05, 0) is 32.3 Å². The number of benzene rings is 1. The van der Waals surface area contributed by atoms with Gasteiger partial charge in [0.05, 0.1) is 17.9 Å². The van der Waals surface area contributed by atoms with E-state index in [1.807, 2.05) is 31.2 Å². The summed E-state index contributed by atoms with van der Waals surface area (Å²) in [6.07, 6.45) is 5.95. The normalized spacial score (nSPS) is 20.0. The Morgan fingerprint density at radius 2 is 2.08 bits per heavy atom. The number of nitrogens with zero attached hydrogens (tertiary/aromatic N) is 2. The highest BCUT2D eigenvalue weighted by Crippen LogP contribution is 2.32. The molecule has 0 bridgehead atoms. The molecule has 0 aliphatic carbocycles. The first kappa shape index (κ1) is 18.8. The van der Waals surface area contributed by atoms with Crippen molar-refractivity contribution in [3.05, 3.63) is 54.5 Å². The van der Waals surface area contributed by atoms with Crippen LogP contribution in [0.2, 0.25) is 0 Å². The second kappa shape index (κ2) is 7.73. The Balaban J connectivity index is 1.86. The summed E-state index contributed by atoms with van der Waals surface area (Å²) in [5, 5.41) is 0. The smallest absolute Gasteiger partial charge is 0.280 e. The highest BCUT2D eigenvalue weighted by Gasteiger charge is 2.35. The van der Waals surface area contributed by atoms with Gasteiger partial charge in [0.2, 0.25) is 0 Å². The van der Waals surface area contributed by atoms with Crippen LogP contribution >= 0.6 is 0 Å². The molecule has 1 saturated heterocycles. The molecule has 0 spiro atoms. The molecule has 2 N–H and O–H groups in total. The summed E-state index contributed by atoms with van der Waals surface area (Å²) in [7, 11) is -3.60. The van der Waals surface area contributed by atoms with Gasteiger partial charge >= 0.3 is 0 Å². The second-order valence-corrected chi connectivity index (χ2v) is 8.47. The van der Waals surface area contributed by atoms with Gasteiger partial charge in [-0.3, -0.25) is 0 Å². The molecule has 0 amide bonds. The Labute approximate surface area is 155 Å². The molecule has 0 radical (unpaired) electrons. The molecule has 1 aromatic carbocycles. The van der Waals surface area contributed by atoms with Crippen molar-refractivity contribution in [2.24, 2.45) is 0 Å². The van der Waals surface area contributed by atoms with Crippen LogP contribution < -0.4 is 4.72 Å². The number of imidazole rings is 1. The van der Waals surface area contributed by atoms with Crippen LogP contribution in [0.3, 0.4) is 0 Å². The molecule has 7 heteroatoms. The van der Waals surface area contributed by atoms with Crippen LogP contribution in [0.5, 0.6) is 0 Å². The van der Waals surface area contributed by atoms with Gasteiger partial charge in [0, 0.05) is 12.6 Å². The lowest BCUT2D eigenvalue weighted by molar-refractivity contribution is 0.244. The summed E-state index contributed by atoms with van der Waals surface area (Å²) >= 11 is 0. The highest BCUT2D eigenvalue weighted by molar-refractivity contribution is 7.87. The molecular formula is C19H26N4O2S. The predicted octanol–water partition coefficient (Wildman–Crippen LogP) is 3.32. The number of piperidine rings is 1. The van der Waals surface area contributed by atoms with Crippen molar-refractivity contribution in [3.8, 4) is 11.3 Å². The molecule has 1 aromatic heterocycles. The van der Waals surface area contributed by atoms with Crippen molar-refractivity contribution in [2.45, 2.75) is 45.2 Å². The topological polar surface area (TPSA) is 78.1 Å². The highest BCUT2D eigenvalue weighted by atomic mass is 32.2. The summed E-state index contributed by atoms with van der Waals surface area (Å²) in [5.74, 6) is 0.692. The van der Waals surface area contributed by atoms with Gasteiger partial charge in [-0.25, -0.2) is 4.98 Å². The number of aromatic amines is 1. The first-order chi connectivity index (χ1) is 12.4. The predicted molar refractivity (Wildman–Crippen MR) is 104 cm³/mol. The second-order valence-electron chi connectivity index (χ2n) is 6.82. The lowest BCUT2D eigenvalue weighted by atomic mass is 10.0. The monoisotopic (exact) mass is 374 g/mol. The van der Waals surface area contributed by atoms with Gasteiger partial charge in [0.25, 0.3) is 10.2 Å². The number of hydrogen-bond acceptors (Lipinski definition) is 3. The number of hydrogen-bond donors (Lipinski definition) is 2. The van der Waals surface area contributed by atoms with Crippen molar-refractivity contribution < 1.29 is 8.42 Å². The molecule has 2 aromatic rings. The van der Waals surface area contributed by atoms with Gasteiger partial charge in [-0.15, -0.1) is 6.58 Å². The zero-order valence-electron chi connectivity index (χ0n) is 15.3. The molecule has 2 heterocycles. The fourth-order valence-electron chi connectivity index (χ4n) is 3.20. The summed E-state index contributed by atoms with van der Waals surface area (Å²) < 4.78 is 29.7. The third-order valence-corrected chi connectivity index (χ3v) is 6.45. The summed E-state index contributed by atoms with van der Waals surface area (Å²) in [6, 6.07) is 7.58.